The van der Waals surface area contributed by atoms with Crippen molar-refractivity contribution in [2.45, 2.75) is 43.9 Å². The van der Waals surface area contributed by atoms with Crippen LogP contribution in [0.5, 0.6) is 11.5 Å². The quantitative estimate of drug-likeness (QED) is 0.498. The molecule has 2 aliphatic rings. The minimum atomic E-state index is -3.35. The second kappa shape index (κ2) is 10.5. The molecular weight excluding hydrogens is 477 g/mol. The first-order chi connectivity index (χ1) is 16.3. The molecule has 0 radical (unpaired) electrons. The summed E-state index contributed by atoms with van der Waals surface area (Å²) < 4.78 is 34.8. The monoisotopic (exact) mass is 505 g/mol. The first kappa shape index (κ1) is 24.8. The first-order valence-corrected chi connectivity index (χ1v) is 13.9. The summed E-state index contributed by atoms with van der Waals surface area (Å²) in [4.78, 5) is 26.3. The summed E-state index contributed by atoms with van der Waals surface area (Å²) in [6.07, 6.45) is 0.418. The lowest BCUT2D eigenvalue weighted by molar-refractivity contribution is -0.115. The van der Waals surface area contributed by atoms with Crippen molar-refractivity contribution in [1.29, 1.82) is 0 Å². The van der Waals surface area contributed by atoms with E-state index in [1.807, 2.05) is 6.07 Å². The molecule has 4 rings (SSSR count). The van der Waals surface area contributed by atoms with E-state index in [0.29, 0.717) is 34.7 Å². The Balaban J connectivity index is 1.56. The Hall–Kier alpha value is -2.32. The number of para-hydroxylation sites is 1. The Morgan fingerprint density at radius 2 is 1.82 bits per heavy atom. The van der Waals surface area contributed by atoms with E-state index < -0.39 is 18.1 Å². The van der Waals surface area contributed by atoms with Crippen LogP contribution in [0.4, 0.5) is 5.69 Å². The van der Waals surface area contributed by atoms with Crippen molar-refractivity contribution in [2.24, 2.45) is 0 Å². The number of thioether (sulfide) groups is 1. The van der Waals surface area contributed by atoms with Crippen molar-refractivity contribution >= 4 is 36.7 Å². The van der Waals surface area contributed by atoms with E-state index in [1.165, 1.54) is 11.8 Å². The number of ketones is 1. The number of carbonyl (C=O) groups is 2. The van der Waals surface area contributed by atoms with E-state index in [0.717, 1.165) is 5.56 Å². The van der Waals surface area contributed by atoms with Crippen LogP contribution in [-0.2, 0) is 31.0 Å². The third-order valence-corrected chi connectivity index (χ3v) is 8.95. The predicted octanol–water partition coefficient (Wildman–Crippen LogP) is 5.05. The minimum absolute atomic E-state index is 0.0385. The molecular formula is C24H28NO7PS. The van der Waals surface area contributed by atoms with E-state index in [1.54, 1.807) is 51.1 Å². The van der Waals surface area contributed by atoms with Crippen molar-refractivity contribution in [3.8, 4) is 11.5 Å². The van der Waals surface area contributed by atoms with Gasteiger partial charge in [0.1, 0.15) is 0 Å². The van der Waals surface area contributed by atoms with E-state index in [4.69, 9.17) is 18.5 Å². The summed E-state index contributed by atoms with van der Waals surface area (Å²) >= 11 is 1.32. The molecule has 2 heterocycles. The van der Waals surface area contributed by atoms with Gasteiger partial charge in [-0.1, -0.05) is 18.2 Å². The van der Waals surface area contributed by atoms with Gasteiger partial charge in [0.25, 0.3) is 0 Å². The highest BCUT2D eigenvalue weighted by molar-refractivity contribution is 8.02. The molecule has 0 spiro atoms. The fraction of sp³-hybridized carbons (Fsp3) is 0.417. The summed E-state index contributed by atoms with van der Waals surface area (Å²) in [7, 11) is -3.35. The Morgan fingerprint density at radius 1 is 1.15 bits per heavy atom. The van der Waals surface area contributed by atoms with Gasteiger partial charge in [0.15, 0.2) is 17.3 Å². The highest BCUT2D eigenvalue weighted by Gasteiger charge is 2.34. The van der Waals surface area contributed by atoms with Gasteiger partial charge in [-0.2, -0.15) is 0 Å². The second-order valence-electron chi connectivity index (χ2n) is 7.95. The van der Waals surface area contributed by atoms with Crippen molar-refractivity contribution in [3.05, 3.63) is 53.1 Å². The third kappa shape index (κ3) is 5.33. The maximum atomic E-state index is 13.4. The number of hydrogen-bond donors (Lipinski definition) is 1. The zero-order chi connectivity index (χ0) is 24.3. The van der Waals surface area contributed by atoms with Crippen molar-refractivity contribution in [1.82, 2.24) is 0 Å². The largest absolute Gasteiger partial charge is 0.454 e. The average Bonchev–Trinajstić information content (AvgIpc) is 3.21. The lowest BCUT2D eigenvalue weighted by Crippen LogP contribution is -2.28. The number of hydrogen-bond acceptors (Lipinski definition) is 8. The lowest BCUT2D eigenvalue weighted by Gasteiger charge is -2.20. The van der Waals surface area contributed by atoms with Crippen LogP contribution in [0, 0.1) is 0 Å². The fourth-order valence-corrected chi connectivity index (χ4v) is 6.97. The van der Waals surface area contributed by atoms with Crippen LogP contribution < -0.4 is 14.8 Å². The summed E-state index contributed by atoms with van der Waals surface area (Å²) in [6.45, 7) is 5.96. The topological polar surface area (TPSA) is 100 Å². The molecule has 0 bridgehead atoms. The molecule has 0 aromatic heterocycles. The first-order valence-electron chi connectivity index (χ1n) is 11.2. The van der Waals surface area contributed by atoms with E-state index in [-0.39, 0.29) is 37.9 Å². The summed E-state index contributed by atoms with van der Waals surface area (Å²) in [5, 5.41) is 2.07. The van der Waals surface area contributed by atoms with Crippen LogP contribution >= 0.6 is 19.4 Å². The molecule has 2 atom stereocenters. The van der Waals surface area contributed by atoms with Crippen LogP contribution in [-0.4, -0.2) is 42.2 Å². The number of amides is 1. The van der Waals surface area contributed by atoms with E-state index in [2.05, 4.69) is 5.32 Å². The average molecular weight is 506 g/mol. The number of carbonyl (C=O) groups excluding carboxylic acids is 2. The smallest absolute Gasteiger partial charge is 0.335 e. The van der Waals surface area contributed by atoms with Gasteiger partial charge in [0.2, 0.25) is 12.7 Å². The predicted molar refractivity (Wildman–Crippen MR) is 131 cm³/mol. The van der Waals surface area contributed by atoms with Crippen molar-refractivity contribution in [3.63, 3.8) is 0 Å². The molecule has 10 heteroatoms. The Morgan fingerprint density at radius 3 is 2.53 bits per heavy atom. The van der Waals surface area contributed by atoms with Gasteiger partial charge in [-0.25, -0.2) is 0 Å². The maximum absolute atomic E-state index is 13.4. The SMILES string of the molecule is CCOP(=O)(Cc1ccccc1NC(=O)C1Cc2cc3c(cc2C(=O)C(C)S1)OCO3)OCC. The standard InChI is InChI=1S/C24H28NO7PS/c1-4-31-33(28,32-5-2)13-16-8-6-7-9-19(16)25-24(27)22-11-17-10-20-21(30-14-29-20)12-18(17)23(26)15(3)34-22/h6-10,12,15,22H,4-5,11,13-14H2,1-3H3,(H,25,27). The molecule has 1 N–H and O–H groups in total. The third-order valence-electron chi connectivity index (χ3n) is 5.59. The van der Waals surface area contributed by atoms with E-state index >= 15 is 0 Å². The van der Waals surface area contributed by atoms with Crippen LogP contribution in [0.3, 0.4) is 0 Å². The molecule has 2 aliphatic heterocycles. The molecule has 0 aliphatic carbocycles. The summed E-state index contributed by atoms with van der Waals surface area (Å²) in [5.41, 5.74) is 2.53. The Labute approximate surface area is 203 Å². The molecule has 0 saturated heterocycles. The number of ether oxygens (including phenoxy) is 2. The number of anilines is 1. The number of Topliss-reactive ketones (excluding diaryl/α,β-unsaturated/α-hetero) is 1. The fourth-order valence-electron chi connectivity index (χ4n) is 4.04. The highest BCUT2D eigenvalue weighted by Crippen LogP contribution is 2.52. The minimum Gasteiger partial charge on any atom is -0.454 e. The van der Waals surface area contributed by atoms with Gasteiger partial charge in [-0.05, 0) is 56.5 Å². The molecule has 2 aromatic rings. The number of nitrogens with one attached hydrogen (secondary N) is 1. The van der Waals surface area contributed by atoms with E-state index in [9.17, 15) is 14.2 Å². The zero-order valence-corrected chi connectivity index (χ0v) is 21.1. The van der Waals surface area contributed by atoms with Gasteiger partial charge >= 0.3 is 7.60 Å². The zero-order valence-electron chi connectivity index (χ0n) is 19.4. The van der Waals surface area contributed by atoms with Crippen LogP contribution in [0.2, 0.25) is 0 Å². The van der Waals surface area contributed by atoms with Crippen LogP contribution in [0.15, 0.2) is 36.4 Å². The molecule has 0 saturated carbocycles. The molecule has 2 unspecified atom stereocenters. The molecule has 182 valence electrons. The lowest BCUT2D eigenvalue weighted by atomic mass is 9.97. The number of rotatable bonds is 8. The Kier molecular flexibility index (Phi) is 7.67. The van der Waals surface area contributed by atoms with Crippen LogP contribution in [0.1, 0.15) is 42.3 Å². The Bertz CT molecular complexity index is 1130. The van der Waals surface area contributed by atoms with Gasteiger partial charge in [-0.3, -0.25) is 14.2 Å². The molecule has 0 fully saturated rings. The van der Waals surface area contributed by atoms with Crippen molar-refractivity contribution in [2.75, 3.05) is 25.3 Å². The van der Waals surface area contributed by atoms with Crippen LogP contribution in [0.25, 0.3) is 0 Å². The number of fused-ring (bicyclic) bond motifs is 2. The van der Waals surface area contributed by atoms with Gasteiger partial charge in [-0.15, -0.1) is 11.8 Å². The maximum Gasteiger partial charge on any atom is 0.335 e. The molecule has 8 nitrogen and oxygen atoms in total. The van der Waals surface area contributed by atoms with Gasteiger partial charge in [0.05, 0.1) is 29.9 Å². The van der Waals surface area contributed by atoms with Crippen molar-refractivity contribution < 1.29 is 32.7 Å². The number of benzene rings is 2. The normalized spacial score (nSPS) is 19.4. The van der Waals surface area contributed by atoms with Gasteiger partial charge < -0.3 is 23.8 Å². The molecule has 1 amide bonds. The molecule has 2 aromatic carbocycles. The second-order valence-corrected chi connectivity index (χ2v) is 11.6. The molecule has 34 heavy (non-hydrogen) atoms. The summed E-state index contributed by atoms with van der Waals surface area (Å²) in [5.74, 6) is 0.862. The highest BCUT2D eigenvalue weighted by atomic mass is 32.2. The van der Waals surface area contributed by atoms with Gasteiger partial charge in [0, 0.05) is 11.3 Å². The summed E-state index contributed by atoms with van der Waals surface area (Å²) in [6, 6.07) is 10.7.